The summed E-state index contributed by atoms with van der Waals surface area (Å²) in [5.74, 6) is 1.26. The molecule has 0 amide bonds. The van der Waals surface area contributed by atoms with Gasteiger partial charge in [-0.1, -0.05) is 27.7 Å². The molecule has 5 nitrogen and oxygen atoms in total. The molecule has 2 aliphatic carbocycles. The Bertz CT molecular complexity index is 865. The van der Waals surface area contributed by atoms with Gasteiger partial charge < -0.3 is 15.2 Å². The highest BCUT2D eigenvalue weighted by Crippen LogP contribution is 2.49. The molecule has 3 rings (SSSR count). The molecule has 0 aromatic heterocycles. The van der Waals surface area contributed by atoms with E-state index >= 15 is 0 Å². The molecule has 2 N–H and O–H groups in total. The zero-order valence-electron chi connectivity index (χ0n) is 22.3. The Balaban J connectivity index is 1.95. The maximum absolute atomic E-state index is 13.9. The van der Waals surface area contributed by atoms with E-state index in [2.05, 4.69) is 72.5 Å². The van der Waals surface area contributed by atoms with E-state index in [9.17, 15) is 9.90 Å². The Labute approximate surface area is 201 Å². The van der Waals surface area contributed by atoms with Crippen molar-refractivity contribution in [3.8, 4) is 5.75 Å². The van der Waals surface area contributed by atoms with Crippen LogP contribution in [0.1, 0.15) is 97.5 Å². The first kappa shape index (κ1) is 26.0. The van der Waals surface area contributed by atoms with Crippen molar-refractivity contribution in [3.05, 3.63) is 23.3 Å². The predicted molar refractivity (Wildman–Crippen MR) is 136 cm³/mol. The number of rotatable bonds is 9. The highest BCUT2D eigenvalue weighted by atomic mass is 16.5. The van der Waals surface area contributed by atoms with Crippen molar-refractivity contribution in [2.45, 2.75) is 104 Å². The highest BCUT2D eigenvalue weighted by molar-refractivity contribution is 6.05. The van der Waals surface area contributed by atoms with Gasteiger partial charge in [0.15, 0.2) is 5.78 Å². The number of ether oxygens (including phenoxy) is 1. The minimum atomic E-state index is -0.307. The minimum Gasteiger partial charge on any atom is -0.506 e. The van der Waals surface area contributed by atoms with Crippen LogP contribution >= 0.6 is 0 Å². The summed E-state index contributed by atoms with van der Waals surface area (Å²) in [5.41, 5.74) is 1.63. The molecule has 0 bridgehead atoms. The summed E-state index contributed by atoms with van der Waals surface area (Å²) >= 11 is 0. The second-order valence-corrected chi connectivity index (χ2v) is 12.5. The van der Waals surface area contributed by atoms with Gasteiger partial charge in [0, 0.05) is 24.3 Å². The number of Topliss-reactive ketones (excluding diaryl/α,β-unsaturated/α-hetero) is 1. The van der Waals surface area contributed by atoms with Crippen molar-refractivity contribution in [1.29, 1.82) is 0 Å². The number of nitrogens with one attached hydrogen (secondary N) is 1. The van der Waals surface area contributed by atoms with Crippen LogP contribution in [0, 0.1) is 11.8 Å². The molecule has 1 fully saturated rings. The van der Waals surface area contributed by atoms with Crippen molar-refractivity contribution in [1.82, 2.24) is 4.90 Å². The van der Waals surface area contributed by atoms with Crippen LogP contribution in [0.4, 0.5) is 5.69 Å². The first-order valence-electron chi connectivity index (χ1n) is 12.7. The molecule has 0 spiro atoms. The first-order chi connectivity index (χ1) is 15.2. The zero-order chi connectivity index (χ0) is 24.8. The van der Waals surface area contributed by atoms with Gasteiger partial charge in [-0.2, -0.15) is 0 Å². The number of hydrogen-bond donors (Lipinski definition) is 2. The Hall–Kier alpha value is -1.59. The summed E-state index contributed by atoms with van der Waals surface area (Å²) in [6.07, 6.45) is 3.34. The third-order valence-electron chi connectivity index (χ3n) is 7.69. The van der Waals surface area contributed by atoms with E-state index < -0.39 is 0 Å². The number of fused-ring (bicyclic) bond motifs is 1. The summed E-state index contributed by atoms with van der Waals surface area (Å²) in [5, 5.41) is 14.5. The molecule has 1 aromatic carbocycles. The molecule has 2 atom stereocenters. The van der Waals surface area contributed by atoms with Crippen LogP contribution in [0.5, 0.6) is 5.75 Å². The van der Waals surface area contributed by atoms with Crippen LogP contribution < -0.4 is 5.32 Å². The smallest absolute Gasteiger partial charge is 0.180 e. The van der Waals surface area contributed by atoms with Gasteiger partial charge in [-0.25, -0.2) is 0 Å². The summed E-state index contributed by atoms with van der Waals surface area (Å²) < 4.78 is 5.95. The highest BCUT2D eigenvalue weighted by Gasteiger charge is 2.49. The molecular formula is C28H46N2O3. The molecule has 1 saturated carbocycles. The summed E-state index contributed by atoms with van der Waals surface area (Å²) in [4.78, 5) is 16.2. The molecule has 0 heterocycles. The molecule has 0 saturated heterocycles. The van der Waals surface area contributed by atoms with Gasteiger partial charge in [0.25, 0.3) is 0 Å². The van der Waals surface area contributed by atoms with Crippen LogP contribution in [0.2, 0.25) is 0 Å². The zero-order valence-corrected chi connectivity index (χ0v) is 22.3. The fourth-order valence-corrected chi connectivity index (χ4v) is 5.17. The van der Waals surface area contributed by atoms with Crippen LogP contribution in [0.3, 0.4) is 0 Å². The standard InChI is InChI=1S/C28H46N2O3/c1-10-30(17-19-11-12-19)24-18(2)28(8,9)22-20(25(24)32)13-14-21(31)23(22)29-27(6,7)15-16-33-26(3,4)5/h13-14,18-19,24,29,31H,10-12,15-17H2,1-9H3/t18-,24-/m0/s1. The molecule has 33 heavy (non-hydrogen) atoms. The van der Waals surface area contributed by atoms with Gasteiger partial charge >= 0.3 is 0 Å². The largest absolute Gasteiger partial charge is 0.506 e. The van der Waals surface area contributed by atoms with E-state index in [4.69, 9.17) is 4.74 Å². The minimum absolute atomic E-state index is 0.122. The topological polar surface area (TPSA) is 61.8 Å². The summed E-state index contributed by atoms with van der Waals surface area (Å²) in [6, 6.07) is 3.39. The molecule has 0 aliphatic heterocycles. The lowest BCUT2D eigenvalue weighted by Gasteiger charge is -2.48. The Kier molecular flexibility index (Phi) is 7.27. The molecule has 2 aliphatic rings. The average molecular weight is 459 g/mol. The quantitative estimate of drug-likeness (QED) is 0.445. The number of phenolic OH excluding ortho intramolecular Hbond substituents is 1. The number of hydrogen-bond acceptors (Lipinski definition) is 5. The maximum atomic E-state index is 13.9. The van der Waals surface area contributed by atoms with Crippen molar-refractivity contribution in [2.24, 2.45) is 11.8 Å². The molecule has 186 valence electrons. The van der Waals surface area contributed by atoms with Gasteiger partial charge in [-0.3, -0.25) is 9.69 Å². The van der Waals surface area contributed by atoms with Crippen LogP contribution in [0.15, 0.2) is 12.1 Å². The van der Waals surface area contributed by atoms with Crippen molar-refractivity contribution < 1.29 is 14.6 Å². The normalized spacial score (nSPS) is 23.0. The molecule has 0 radical (unpaired) electrons. The lowest BCUT2D eigenvalue weighted by atomic mass is 9.62. The molecule has 5 heteroatoms. The fourth-order valence-electron chi connectivity index (χ4n) is 5.17. The number of aromatic hydroxyl groups is 1. The van der Waals surface area contributed by atoms with Crippen molar-refractivity contribution in [3.63, 3.8) is 0 Å². The van der Waals surface area contributed by atoms with E-state index in [-0.39, 0.29) is 40.0 Å². The van der Waals surface area contributed by atoms with E-state index in [1.807, 2.05) is 6.07 Å². The number of phenols is 1. The molecule has 0 unspecified atom stereocenters. The number of benzene rings is 1. The number of nitrogens with zero attached hydrogens (tertiary/aromatic N) is 1. The average Bonchev–Trinajstić information content (AvgIpc) is 3.50. The SMILES string of the molecule is CCN(CC1CC1)[C@@H]1C(=O)c2ccc(O)c(NC(C)(C)CCOC(C)(C)C)c2C(C)(C)[C@H]1C. The van der Waals surface area contributed by atoms with Gasteiger partial charge in [0.1, 0.15) is 5.75 Å². The monoisotopic (exact) mass is 458 g/mol. The fraction of sp³-hybridized carbons (Fsp3) is 0.750. The van der Waals surface area contributed by atoms with E-state index in [0.717, 1.165) is 36.6 Å². The molecule has 1 aromatic rings. The van der Waals surface area contributed by atoms with E-state index in [1.54, 1.807) is 6.07 Å². The van der Waals surface area contributed by atoms with E-state index in [1.165, 1.54) is 12.8 Å². The summed E-state index contributed by atoms with van der Waals surface area (Å²) in [7, 11) is 0. The maximum Gasteiger partial charge on any atom is 0.180 e. The Morgan fingerprint density at radius 1 is 1.18 bits per heavy atom. The lowest BCUT2D eigenvalue weighted by molar-refractivity contribution is -0.00849. The van der Waals surface area contributed by atoms with Crippen molar-refractivity contribution in [2.75, 3.05) is 25.0 Å². The van der Waals surface area contributed by atoms with E-state index in [0.29, 0.717) is 12.3 Å². The number of carbonyl (C=O) groups excluding carboxylic acids is 1. The first-order valence-corrected chi connectivity index (χ1v) is 12.7. The van der Waals surface area contributed by atoms with Crippen molar-refractivity contribution >= 4 is 11.5 Å². The van der Waals surface area contributed by atoms with Crippen LogP contribution in [-0.4, -0.2) is 52.7 Å². The van der Waals surface area contributed by atoms with Gasteiger partial charge in [0.05, 0.1) is 17.3 Å². The third kappa shape index (κ3) is 5.74. The lowest BCUT2D eigenvalue weighted by Crippen LogP contribution is -2.55. The second-order valence-electron chi connectivity index (χ2n) is 12.5. The van der Waals surface area contributed by atoms with Crippen LogP contribution in [-0.2, 0) is 10.2 Å². The van der Waals surface area contributed by atoms with Gasteiger partial charge in [-0.15, -0.1) is 0 Å². The second kappa shape index (κ2) is 9.22. The Morgan fingerprint density at radius 2 is 1.82 bits per heavy atom. The summed E-state index contributed by atoms with van der Waals surface area (Å²) in [6.45, 7) is 21.7. The number of carbonyl (C=O) groups is 1. The Morgan fingerprint density at radius 3 is 2.36 bits per heavy atom. The third-order valence-corrected chi connectivity index (χ3v) is 7.69. The predicted octanol–water partition coefficient (Wildman–Crippen LogP) is 6.00. The number of likely N-dealkylation sites (N-methyl/N-ethyl adjacent to an activating group) is 1. The van der Waals surface area contributed by atoms with Gasteiger partial charge in [0.2, 0.25) is 0 Å². The van der Waals surface area contributed by atoms with Gasteiger partial charge in [-0.05, 0) is 95.4 Å². The number of anilines is 1. The molecular weight excluding hydrogens is 412 g/mol. The number of ketones is 1. The van der Waals surface area contributed by atoms with Crippen LogP contribution in [0.25, 0.3) is 0 Å².